The summed E-state index contributed by atoms with van der Waals surface area (Å²) in [7, 11) is 0. The second-order valence-electron chi connectivity index (χ2n) is 4.88. The minimum absolute atomic E-state index is 0.179. The third-order valence-electron chi connectivity index (χ3n) is 3.44. The summed E-state index contributed by atoms with van der Waals surface area (Å²) in [5.74, 6) is 1.87. The van der Waals surface area contributed by atoms with Gasteiger partial charge in [-0.05, 0) is 18.6 Å². The van der Waals surface area contributed by atoms with Gasteiger partial charge in [-0.1, -0.05) is 19.1 Å². The molecule has 1 fully saturated rings. The highest BCUT2D eigenvalue weighted by Crippen LogP contribution is 2.22. The van der Waals surface area contributed by atoms with E-state index >= 15 is 0 Å². The van der Waals surface area contributed by atoms with Crippen molar-refractivity contribution >= 4 is 23.4 Å². The molecular formula is C15H22N2O2S. The summed E-state index contributed by atoms with van der Waals surface area (Å²) in [6.07, 6.45) is 1.53. The number of carbonyl (C=O) groups excluding carboxylic acids is 1. The maximum Gasteiger partial charge on any atom is 0.226 e. The van der Waals surface area contributed by atoms with E-state index in [4.69, 9.17) is 10.5 Å². The number of rotatable bonds is 5. The number of thioether (sulfide) groups is 1. The largest absolute Gasteiger partial charge is 0.491 e. The second kappa shape index (κ2) is 7.43. The van der Waals surface area contributed by atoms with Crippen molar-refractivity contribution < 1.29 is 9.53 Å². The molecule has 1 aromatic carbocycles. The standard InChI is InChI=1S/C15H22N2O2S/c1-2-12-11-17(8-10-20-12)15(18)7-9-19-14-6-4-3-5-13(14)16/h3-6,12H,2,7-11,16H2,1H3. The van der Waals surface area contributed by atoms with Gasteiger partial charge in [-0.25, -0.2) is 0 Å². The Labute approximate surface area is 124 Å². The van der Waals surface area contributed by atoms with Crippen molar-refractivity contribution in [3.05, 3.63) is 24.3 Å². The zero-order valence-corrected chi connectivity index (χ0v) is 12.7. The molecule has 1 unspecified atom stereocenters. The fourth-order valence-electron chi connectivity index (χ4n) is 2.21. The van der Waals surface area contributed by atoms with E-state index in [9.17, 15) is 4.79 Å². The molecule has 1 heterocycles. The van der Waals surface area contributed by atoms with Gasteiger partial charge < -0.3 is 15.4 Å². The minimum atomic E-state index is 0.179. The first-order valence-corrected chi connectivity index (χ1v) is 8.12. The van der Waals surface area contributed by atoms with E-state index in [1.54, 1.807) is 6.07 Å². The fraction of sp³-hybridized carbons (Fsp3) is 0.533. The first kappa shape index (κ1) is 15.0. The van der Waals surface area contributed by atoms with E-state index in [0.717, 1.165) is 25.3 Å². The molecule has 4 nitrogen and oxygen atoms in total. The number of nitrogens with zero attached hydrogens (tertiary/aromatic N) is 1. The van der Waals surface area contributed by atoms with Crippen LogP contribution in [0.3, 0.4) is 0 Å². The first-order valence-electron chi connectivity index (χ1n) is 7.07. The number of hydrogen-bond donors (Lipinski definition) is 1. The van der Waals surface area contributed by atoms with E-state index in [2.05, 4.69) is 6.92 Å². The Hall–Kier alpha value is -1.36. The van der Waals surface area contributed by atoms with Crippen molar-refractivity contribution in [1.29, 1.82) is 0 Å². The minimum Gasteiger partial charge on any atom is -0.491 e. The molecule has 2 rings (SSSR count). The Morgan fingerprint density at radius 3 is 3.05 bits per heavy atom. The molecule has 1 aliphatic rings. The predicted molar refractivity (Wildman–Crippen MR) is 84.1 cm³/mol. The predicted octanol–water partition coefficient (Wildman–Crippen LogP) is 2.39. The number of nitrogen functional groups attached to an aromatic ring is 1. The fourth-order valence-corrected chi connectivity index (χ4v) is 3.39. The van der Waals surface area contributed by atoms with Gasteiger partial charge in [-0.2, -0.15) is 11.8 Å². The summed E-state index contributed by atoms with van der Waals surface area (Å²) < 4.78 is 5.57. The van der Waals surface area contributed by atoms with Crippen LogP contribution in [0.2, 0.25) is 0 Å². The normalized spacial score (nSPS) is 18.9. The molecule has 2 N–H and O–H groups in total. The first-order chi connectivity index (χ1) is 9.70. The molecule has 20 heavy (non-hydrogen) atoms. The lowest BCUT2D eigenvalue weighted by Crippen LogP contribution is -2.42. The van der Waals surface area contributed by atoms with E-state index in [0.29, 0.717) is 29.7 Å². The average Bonchev–Trinajstić information content (AvgIpc) is 2.49. The molecule has 5 heteroatoms. The summed E-state index contributed by atoms with van der Waals surface area (Å²) >= 11 is 1.97. The lowest BCUT2D eigenvalue weighted by Gasteiger charge is -2.32. The maximum absolute atomic E-state index is 12.1. The lowest BCUT2D eigenvalue weighted by molar-refractivity contribution is -0.131. The SMILES string of the molecule is CCC1CN(C(=O)CCOc2ccccc2N)CCS1. The molecule has 110 valence electrons. The number of anilines is 1. The van der Waals surface area contributed by atoms with Crippen molar-refractivity contribution in [3.8, 4) is 5.75 Å². The number of para-hydroxylation sites is 2. The van der Waals surface area contributed by atoms with Gasteiger partial charge in [0.05, 0.1) is 18.7 Å². The van der Waals surface area contributed by atoms with Gasteiger partial charge in [0.25, 0.3) is 0 Å². The summed E-state index contributed by atoms with van der Waals surface area (Å²) in [5.41, 5.74) is 6.40. The van der Waals surface area contributed by atoms with Crippen LogP contribution in [0.15, 0.2) is 24.3 Å². The highest BCUT2D eigenvalue weighted by atomic mass is 32.2. The third-order valence-corrected chi connectivity index (χ3v) is 4.81. The van der Waals surface area contributed by atoms with Crippen molar-refractivity contribution in [2.45, 2.75) is 25.0 Å². The van der Waals surface area contributed by atoms with E-state index in [1.165, 1.54) is 0 Å². The van der Waals surface area contributed by atoms with Crippen molar-refractivity contribution in [3.63, 3.8) is 0 Å². The Kier molecular flexibility index (Phi) is 5.59. The number of carbonyl (C=O) groups is 1. The highest BCUT2D eigenvalue weighted by molar-refractivity contribution is 8.00. The molecule has 0 aliphatic carbocycles. The van der Waals surface area contributed by atoms with Crippen LogP contribution in [0.5, 0.6) is 5.75 Å². The Balaban J connectivity index is 1.76. The average molecular weight is 294 g/mol. The Bertz CT molecular complexity index is 453. The van der Waals surface area contributed by atoms with Crippen LogP contribution in [0.1, 0.15) is 19.8 Å². The number of nitrogens with two attached hydrogens (primary N) is 1. The molecule has 0 saturated carbocycles. The van der Waals surface area contributed by atoms with Gasteiger partial charge in [-0.3, -0.25) is 4.79 Å². The van der Waals surface area contributed by atoms with Crippen LogP contribution in [0, 0.1) is 0 Å². The second-order valence-corrected chi connectivity index (χ2v) is 6.29. The van der Waals surface area contributed by atoms with Crippen LogP contribution < -0.4 is 10.5 Å². The van der Waals surface area contributed by atoms with Gasteiger partial charge in [-0.15, -0.1) is 0 Å². The van der Waals surface area contributed by atoms with Crippen LogP contribution in [0.4, 0.5) is 5.69 Å². The topological polar surface area (TPSA) is 55.6 Å². The zero-order valence-electron chi connectivity index (χ0n) is 11.9. The van der Waals surface area contributed by atoms with Crippen LogP contribution in [0.25, 0.3) is 0 Å². The molecule has 1 saturated heterocycles. The number of hydrogen-bond acceptors (Lipinski definition) is 4. The van der Waals surface area contributed by atoms with Crippen LogP contribution >= 0.6 is 11.8 Å². The number of amides is 1. The highest BCUT2D eigenvalue weighted by Gasteiger charge is 2.22. The summed E-state index contributed by atoms with van der Waals surface area (Å²) in [5, 5.41) is 0.582. The van der Waals surface area contributed by atoms with E-state index < -0.39 is 0 Å². The van der Waals surface area contributed by atoms with Gasteiger partial charge in [0.15, 0.2) is 0 Å². The molecule has 1 aromatic rings. The molecule has 0 spiro atoms. The molecular weight excluding hydrogens is 272 g/mol. The number of ether oxygens (including phenoxy) is 1. The Morgan fingerprint density at radius 1 is 1.50 bits per heavy atom. The lowest BCUT2D eigenvalue weighted by atomic mass is 10.2. The molecule has 1 aliphatic heterocycles. The molecule has 1 atom stereocenters. The molecule has 0 bridgehead atoms. The van der Waals surface area contributed by atoms with E-state index in [1.807, 2.05) is 34.9 Å². The summed E-state index contributed by atoms with van der Waals surface area (Å²) in [6, 6.07) is 7.36. The van der Waals surface area contributed by atoms with Gasteiger partial charge in [0.2, 0.25) is 5.91 Å². The van der Waals surface area contributed by atoms with Gasteiger partial charge >= 0.3 is 0 Å². The molecule has 1 amide bonds. The van der Waals surface area contributed by atoms with Crippen molar-refractivity contribution in [1.82, 2.24) is 4.90 Å². The van der Waals surface area contributed by atoms with Crippen molar-refractivity contribution in [2.75, 3.05) is 31.2 Å². The van der Waals surface area contributed by atoms with E-state index in [-0.39, 0.29) is 5.91 Å². The van der Waals surface area contributed by atoms with Crippen molar-refractivity contribution in [2.24, 2.45) is 0 Å². The Morgan fingerprint density at radius 2 is 2.30 bits per heavy atom. The monoisotopic (exact) mass is 294 g/mol. The third kappa shape index (κ3) is 4.07. The molecule has 0 aromatic heterocycles. The quantitative estimate of drug-likeness (QED) is 0.847. The van der Waals surface area contributed by atoms with Gasteiger partial charge in [0.1, 0.15) is 5.75 Å². The smallest absolute Gasteiger partial charge is 0.226 e. The summed E-state index contributed by atoms with van der Waals surface area (Å²) in [6.45, 7) is 4.28. The van der Waals surface area contributed by atoms with Crippen LogP contribution in [-0.4, -0.2) is 41.5 Å². The van der Waals surface area contributed by atoms with Gasteiger partial charge in [0, 0.05) is 24.1 Å². The van der Waals surface area contributed by atoms with Crippen LogP contribution in [-0.2, 0) is 4.79 Å². The number of benzene rings is 1. The molecule has 0 radical (unpaired) electrons. The maximum atomic E-state index is 12.1. The zero-order chi connectivity index (χ0) is 14.4. The summed E-state index contributed by atoms with van der Waals surface area (Å²) in [4.78, 5) is 14.1.